The highest BCUT2D eigenvalue weighted by atomic mass is 15.3. The second-order valence-corrected chi connectivity index (χ2v) is 10.4. The van der Waals surface area contributed by atoms with Gasteiger partial charge in [0.1, 0.15) is 5.82 Å². The van der Waals surface area contributed by atoms with Crippen molar-refractivity contribution in [2.45, 2.75) is 57.8 Å². The molecule has 0 aliphatic carbocycles. The van der Waals surface area contributed by atoms with Gasteiger partial charge in [0.05, 0.1) is 17.0 Å². The van der Waals surface area contributed by atoms with Crippen molar-refractivity contribution in [1.29, 1.82) is 0 Å². The summed E-state index contributed by atoms with van der Waals surface area (Å²) in [6.07, 6.45) is 13.1. The van der Waals surface area contributed by atoms with E-state index in [0.717, 1.165) is 79.5 Å². The minimum absolute atomic E-state index is 0.829. The highest BCUT2D eigenvalue weighted by Crippen LogP contribution is 2.34. The molecule has 36 heavy (non-hydrogen) atoms. The lowest BCUT2D eigenvalue weighted by molar-refractivity contribution is 0.561. The van der Waals surface area contributed by atoms with Crippen LogP contribution in [0.25, 0.3) is 22.5 Å². The van der Waals surface area contributed by atoms with Crippen LogP contribution < -0.4 is 14.7 Å². The predicted octanol–water partition coefficient (Wildman–Crippen LogP) is 5.57. The van der Waals surface area contributed by atoms with Gasteiger partial charge in [-0.05, 0) is 63.9 Å². The molecule has 3 aromatic rings. The largest absolute Gasteiger partial charge is 0.356 e. The normalized spacial score (nSPS) is 18.9. The molecule has 7 nitrogen and oxygen atoms in total. The smallest absolute Gasteiger partial charge is 0.227 e. The van der Waals surface area contributed by atoms with Crippen LogP contribution in [0.3, 0.4) is 0 Å². The maximum atomic E-state index is 5.21. The molecular weight excluding hydrogens is 446 g/mol. The molecule has 3 aliphatic rings. The molecule has 0 spiro atoms. The van der Waals surface area contributed by atoms with Crippen molar-refractivity contribution in [3.05, 3.63) is 42.6 Å². The molecular formula is C29H37N7. The molecule has 2 aromatic heterocycles. The van der Waals surface area contributed by atoms with Gasteiger partial charge in [-0.1, -0.05) is 30.3 Å². The minimum Gasteiger partial charge on any atom is -0.356 e. The first-order chi connectivity index (χ1) is 17.8. The van der Waals surface area contributed by atoms with Crippen LogP contribution in [0.15, 0.2) is 42.6 Å². The summed E-state index contributed by atoms with van der Waals surface area (Å²) in [7, 11) is 0. The molecule has 188 valence electrons. The van der Waals surface area contributed by atoms with E-state index >= 15 is 0 Å². The zero-order chi connectivity index (χ0) is 24.2. The molecule has 3 saturated heterocycles. The summed E-state index contributed by atoms with van der Waals surface area (Å²) in [4.78, 5) is 27.4. The molecule has 3 fully saturated rings. The van der Waals surface area contributed by atoms with Gasteiger partial charge in [-0.15, -0.1) is 0 Å². The van der Waals surface area contributed by atoms with E-state index in [2.05, 4.69) is 51.1 Å². The second kappa shape index (κ2) is 10.8. The number of anilines is 3. The number of aromatic nitrogens is 4. The number of rotatable bonds is 5. The Morgan fingerprint density at radius 1 is 0.528 bits per heavy atom. The number of nitrogens with zero attached hydrogens (tertiary/aromatic N) is 7. The lowest BCUT2D eigenvalue weighted by Gasteiger charge is -2.32. The molecule has 0 unspecified atom stereocenters. The topological polar surface area (TPSA) is 61.3 Å². The Morgan fingerprint density at radius 2 is 1.08 bits per heavy atom. The number of piperidine rings is 3. The van der Waals surface area contributed by atoms with Gasteiger partial charge < -0.3 is 14.7 Å². The van der Waals surface area contributed by atoms with Crippen molar-refractivity contribution in [3.8, 4) is 22.5 Å². The molecule has 0 bridgehead atoms. The first-order valence-corrected chi connectivity index (χ1v) is 13.9. The molecule has 6 rings (SSSR count). The van der Waals surface area contributed by atoms with Gasteiger partial charge in [0.25, 0.3) is 0 Å². The van der Waals surface area contributed by atoms with Crippen molar-refractivity contribution >= 4 is 17.7 Å². The second-order valence-electron chi connectivity index (χ2n) is 10.4. The third-order valence-corrected chi connectivity index (χ3v) is 7.75. The third-order valence-electron chi connectivity index (χ3n) is 7.75. The SMILES string of the molecule is c1ccc(-c2cc(-c3cnc(N4CCCCC4)nc3N3CCCCC3)nc(N3CCCCC3)n2)cc1. The standard InChI is InChI=1S/C29H37N7/c1-5-13-23(14-6-1)25-21-26(32-29(31-25)36-19-11-4-12-20-36)24-22-30-28(35-17-9-3-10-18-35)33-27(24)34-15-7-2-8-16-34/h1,5-6,13-14,21-22H,2-4,7-12,15-20H2. The van der Waals surface area contributed by atoms with E-state index in [-0.39, 0.29) is 0 Å². The van der Waals surface area contributed by atoms with Gasteiger partial charge in [0.15, 0.2) is 0 Å². The number of hydrogen-bond donors (Lipinski definition) is 0. The lowest BCUT2D eigenvalue weighted by atomic mass is 10.1. The van der Waals surface area contributed by atoms with E-state index in [1.807, 2.05) is 6.20 Å². The summed E-state index contributed by atoms with van der Waals surface area (Å²) in [6, 6.07) is 12.6. The summed E-state index contributed by atoms with van der Waals surface area (Å²) in [5, 5.41) is 0. The quantitative estimate of drug-likeness (QED) is 0.470. The Balaban J connectivity index is 1.46. The molecule has 3 aliphatic heterocycles. The van der Waals surface area contributed by atoms with E-state index in [1.54, 1.807) is 0 Å². The van der Waals surface area contributed by atoms with E-state index in [0.29, 0.717) is 0 Å². The van der Waals surface area contributed by atoms with E-state index in [9.17, 15) is 0 Å². The zero-order valence-electron chi connectivity index (χ0n) is 21.3. The molecule has 0 radical (unpaired) electrons. The molecule has 0 atom stereocenters. The average molecular weight is 484 g/mol. The first kappa shape index (κ1) is 23.2. The van der Waals surface area contributed by atoms with Gasteiger partial charge in [0.2, 0.25) is 11.9 Å². The van der Waals surface area contributed by atoms with Crippen LogP contribution in [-0.4, -0.2) is 59.2 Å². The van der Waals surface area contributed by atoms with E-state index in [4.69, 9.17) is 19.9 Å². The molecule has 0 saturated carbocycles. The third kappa shape index (κ3) is 5.01. The van der Waals surface area contributed by atoms with Crippen LogP contribution in [0.5, 0.6) is 0 Å². The van der Waals surface area contributed by atoms with Crippen molar-refractivity contribution in [1.82, 2.24) is 19.9 Å². The first-order valence-electron chi connectivity index (χ1n) is 13.9. The van der Waals surface area contributed by atoms with Gasteiger partial charge in [-0.3, -0.25) is 0 Å². The fraction of sp³-hybridized carbons (Fsp3) is 0.517. The van der Waals surface area contributed by atoms with Gasteiger partial charge >= 0.3 is 0 Å². The lowest BCUT2D eigenvalue weighted by Crippen LogP contribution is -2.34. The Labute approximate surface area is 214 Å². The van der Waals surface area contributed by atoms with Crippen LogP contribution in [-0.2, 0) is 0 Å². The van der Waals surface area contributed by atoms with Crippen LogP contribution in [0, 0.1) is 0 Å². The maximum absolute atomic E-state index is 5.21. The van der Waals surface area contributed by atoms with Crippen LogP contribution in [0.2, 0.25) is 0 Å². The van der Waals surface area contributed by atoms with Crippen molar-refractivity contribution in [3.63, 3.8) is 0 Å². The Morgan fingerprint density at radius 3 is 1.72 bits per heavy atom. The highest BCUT2D eigenvalue weighted by Gasteiger charge is 2.24. The molecule has 0 amide bonds. The van der Waals surface area contributed by atoms with Crippen molar-refractivity contribution in [2.24, 2.45) is 0 Å². The van der Waals surface area contributed by atoms with Gasteiger partial charge in [0, 0.05) is 51.0 Å². The van der Waals surface area contributed by atoms with Crippen LogP contribution >= 0.6 is 0 Å². The molecule has 7 heteroatoms. The molecule has 5 heterocycles. The monoisotopic (exact) mass is 483 g/mol. The summed E-state index contributed by atoms with van der Waals surface area (Å²) in [5.74, 6) is 2.73. The van der Waals surface area contributed by atoms with E-state index in [1.165, 1.54) is 57.8 Å². The van der Waals surface area contributed by atoms with Gasteiger partial charge in [-0.25, -0.2) is 15.0 Å². The summed E-state index contributed by atoms with van der Waals surface area (Å²) in [5.41, 5.74) is 4.03. The predicted molar refractivity (Wildman–Crippen MR) is 147 cm³/mol. The van der Waals surface area contributed by atoms with Crippen LogP contribution in [0.1, 0.15) is 57.8 Å². The fourth-order valence-electron chi connectivity index (χ4n) is 5.70. The zero-order valence-corrected chi connectivity index (χ0v) is 21.3. The highest BCUT2D eigenvalue weighted by molar-refractivity contribution is 5.77. The number of benzene rings is 1. The minimum atomic E-state index is 0.829. The van der Waals surface area contributed by atoms with Crippen molar-refractivity contribution < 1.29 is 0 Å². The Bertz CT molecular complexity index is 1150. The molecule has 1 aromatic carbocycles. The van der Waals surface area contributed by atoms with Gasteiger partial charge in [-0.2, -0.15) is 4.98 Å². The summed E-state index contributed by atoms with van der Waals surface area (Å²) < 4.78 is 0. The van der Waals surface area contributed by atoms with Crippen molar-refractivity contribution in [2.75, 3.05) is 54.0 Å². The number of hydrogen-bond acceptors (Lipinski definition) is 7. The van der Waals surface area contributed by atoms with E-state index < -0.39 is 0 Å². The summed E-state index contributed by atoms with van der Waals surface area (Å²) >= 11 is 0. The fourth-order valence-corrected chi connectivity index (χ4v) is 5.70. The van der Waals surface area contributed by atoms with Crippen LogP contribution in [0.4, 0.5) is 17.7 Å². The molecule has 0 N–H and O–H groups in total. The average Bonchev–Trinajstić information content (AvgIpc) is 2.98. The Hall–Kier alpha value is -3.22. The Kier molecular flexibility index (Phi) is 6.96. The summed E-state index contributed by atoms with van der Waals surface area (Å²) in [6.45, 7) is 6.20. The maximum Gasteiger partial charge on any atom is 0.227 e.